The number of dihydropyridines is 1. The predicted molar refractivity (Wildman–Crippen MR) is 56.9 cm³/mol. The fourth-order valence-electron chi connectivity index (χ4n) is 2.06. The number of nitrogens with two attached hydrogens (primary N) is 1. The summed E-state index contributed by atoms with van der Waals surface area (Å²) in [5, 5.41) is 3.25. The van der Waals surface area contributed by atoms with Gasteiger partial charge in [-0.2, -0.15) is 0 Å². The molecule has 0 saturated heterocycles. The van der Waals surface area contributed by atoms with Gasteiger partial charge in [-0.25, -0.2) is 0 Å². The minimum absolute atomic E-state index is 0.228. The minimum atomic E-state index is -0.432. The molecule has 0 bridgehead atoms. The van der Waals surface area contributed by atoms with E-state index in [1.807, 2.05) is 12.2 Å². The quantitative estimate of drug-likeness (QED) is 0.699. The van der Waals surface area contributed by atoms with E-state index in [2.05, 4.69) is 5.32 Å². The van der Waals surface area contributed by atoms with Crippen molar-refractivity contribution in [3.8, 4) is 0 Å². The first-order valence-electron chi connectivity index (χ1n) is 5.13. The highest BCUT2D eigenvalue weighted by Gasteiger charge is 2.52. The smallest absolute Gasteiger partial charge is 0.229 e. The largest absolute Gasteiger partial charge is 0.384 e. The Balaban J connectivity index is 2.31. The summed E-state index contributed by atoms with van der Waals surface area (Å²) < 4.78 is 5.11. The van der Waals surface area contributed by atoms with Gasteiger partial charge in [0.25, 0.3) is 0 Å². The van der Waals surface area contributed by atoms with Crippen molar-refractivity contribution >= 4 is 5.91 Å². The van der Waals surface area contributed by atoms with Crippen molar-refractivity contribution in [1.29, 1.82) is 0 Å². The first kappa shape index (κ1) is 10.2. The van der Waals surface area contributed by atoms with Gasteiger partial charge in [-0.05, 0) is 18.4 Å². The maximum Gasteiger partial charge on any atom is 0.229 e. The first-order chi connectivity index (χ1) is 7.20. The molecule has 82 valence electrons. The van der Waals surface area contributed by atoms with E-state index in [9.17, 15) is 4.79 Å². The van der Waals surface area contributed by atoms with E-state index >= 15 is 0 Å². The van der Waals surface area contributed by atoms with Crippen LogP contribution in [0, 0.1) is 5.41 Å². The Morgan fingerprint density at radius 2 is 2.40 bits per heavy atom. The van der Waals surface area contributed by atoms with Gasteiger partial charge in [0.2, 0.25) is 5.91 Å². The minimum Gasteiger partial charge on any atom is -0.384 e. The summed E-state index contributed by atoms with van der Waals surface area (Å²) in [6.07, 6.45) is 5.74. The first-order valence-corrected chi connectivity index (χ1v) is 5.13. The van der Waals surface area contributed by atoms with Crippen LogP contribution >= 0.6 is 0 Å². The Labute approximate surface area is 89.2 Å². The maximum atomic E-state index is 11.4. The van der Waals surface area contributed by atoms with Gasteiger partial charge in [-0.15, -0.1) is 0 Å². The van der Waals surface area contributed by atoms with Crippen molar-refractivity contribution in [1.82, 2.24) is 5.32 Å². The highest BCUT2D eigenvalue weighted by atomic mass is 16.5. The zero-order chi connectivity index (χ0) is 10.9. The number of primary amides is 1. The van der Waals surface area contributed by atoms with Crippen molar-refractivity contribution in [3.05, 3.63) is 23.4 Å². The molecule has 4 nitrogen and oxygen atoms in total. The number of carbonyl (C=O) groups excluding carboxylic acids is 1. The van der Waals surface area contributed by atoms with Crippen molar-refractivity contribution in [2.75, 3.05) is 20.3 Å². The molecule has 15 heavy (non-hydrogen) atoms. The van der Waals surface area contributed by atoms with E-state index in [1.165, 1.54) is 0 Å². The number of nitrogens with one attached hydrogen (secondary N) is 1. The summed E-state index contributed by atoms with van der Waals surface area (Å²) in [5.74, 6) is -0.228. The molecule has 0 unspecified atom stereocenters. The van der Waals surface area contributed by atoms with Crippen LogP contribution in [0.25, 0.3) is 0 Å². The summed E-state index contributed by atoms with van der Waals surface area (Å²) in [6, 6.07) is 0. The lowest BCUT2D eigenvalue weighted by atomic mass is 9.95. The van der Waals surface area contributed by atoms with Crippen LogP contribution < -0.4 is 11.1 Å². The van der Waals surface area contributed by atoms with Gasteiger partial charge < -0.3 is 15.8 Å². The van der Waals surface area contributed by atoms with Crippen molar-refractivity contribution in [2.24, 2.45) is 11.1 Å². The molecular formula is C11H16N2O2. The molecule has 1 heterocycles. The SMILES string of the molecule is COCC1=C(C2(C(N)=O)CC2)NCC=C1. The van der Waals surface area contributed by atoms with E-state index in [0.717, 1.165) is 30.7 Å². The molecule has 0 radical (unpaired) electrons. The molecule has 0 aromatic carbocycles. The number of carbonyl (C=O) groups is 1. The van der Waals surface area contributed by atoms with Gasteiger partial charge >= 0.3 is 0 Å². The highest BCUT2D eigenvalue weighted by molar-refractivity contribution is 5.87. The van der Waals surface area contributed by atoms with Crippen molar-refractivity contribution < 1.29 is 9.53 Å². The summed E-state index contributed by atoms with van der Waals surface area (Å²) in [5.41, 5.74) is 7.03. The second kappa shape index (κ2) is 3.70. The number of ether oxygens (including phenoxy) is 1. The normalized spacial score (nSPS) is 22.5. The second-order valence-corrected chi connectivity index (χ2v) is 4.06. The molecule has 0 aromatic heterocycles. The zero-order valence-electron chi connectivity index (χ0n) is 8.88. The molecule has 0 spiro atoms. The number of hydrogen-bond donors (Lipinski definition) is 2. The summed E-state index contributed by atoms with van der Waals surface area (Å²) >= 11 is 0. The Morgan fingerprint density at radius 3 is 2.93 bits per heavy atom. The summed E-state index contributed by atoms with van der Waals surface area (Å²) in [7, 11) is 1.65. The van der Waals surface area contributed by atoms with E-state index in [-0.39, 0.29) is 5.91 Å². The van der Waals surface area contributed by atoms with Crippen LogP contribution in [0.3, 0.4) is 0 Å². The second-order valence-electron chi connectivity index (χ2n) is 4.06. The number of hydrogen-bond acceptors (Lipinski definition) is 3. The van der Waals surface area contributed by atoms with E-state index in [1.54, 1.807) is 7.11 Å². The molecule has 2 aliphatic rings. The van der Waals surface area contributed by atoms with Gasteiger partial charge in [0.1, 0.15) is 0 Å². The molecule has 0 atom stereocenters. The zero-order valence-corrected chi connectivity index (χ0v) is 8.88. The summed E-state index contributed by atoms with van der Waals surface area (Å²) in [4.78, 5) is 11.4. The van der Waals surface area contributed by atoms with Crippen LogP contribution in [0.2, 0.25) is 0 Å². The van der Waals surface area contributed by atoms with E-state index < -0.39 is 5.41 Å². The lowest BCUT2D eigenvalue weighted by Crippen LogP contribution is -2.35. The third-order valence-corrected chi connectivity index (χ3v) is 3.04. The van der Waals surface area contributed by atoms with Crippen LogP contribution in [-0.4, -0.2) is 26.2 Å². The Kier molecular flexibility index (Phi) is 2.52. The third kappa shape index (κ3) is 1.65. The highest BCUT2D eigenvalue weighted by Crippen LogP contribution is 2.52. The van der Waals surface area contributed by atoms with Gasteiger partial charge in [-0.1, -0.05) is 12.2 Å². The van der Waals surface area contributed by atoms with Gasteiger partial charge in [-0.3, -0.25) is 4.79 Å². The predicted octanol–water partition coefficient (Wildman–Crippen LogP) is 0.312. The summed E-state index contributed by atoms with van der Waals surface area (Å²) in [6.45, 7) is 1.28. The molecule has 1 saturated carbocycles. The van der Waals surface area contributed by atoms with Gasteiger partial charge in [0.05, 0.1) is 12.0 Å². The van der Waals surface area contributed by atoms with E-state index in [4.69, 9.17) is 10.5 Å². The van der Waals surface area contributed by atoms with Crippen LogP contribution in [0.4, 0.5) is 0 Å². The lowest BCUT2D eigenvalue weighted by Gasteiger charge is -2.23. The average molecular weight is 208 g/mol. The van der Waals surface area contributed by atoms with Crippen LogP contribution in [-0.2, 0) is 9.53 Å². The fraction of sp³-hybridized carbons (Fsp3) is 0.545. The van der Waals surface area contributed by atoms with Crippen molar-refractivity contribution in [3.63, 3.8) is 0 Å². The maximum absolute atomic E-state index is 11.4. The number of amides is 1. The molecule has 2 rings (SSSR count). The molecule has 1 aliphatic carbocycles. The average Bonchev–Trinajstić information content (AvgIpc) is 3.00. The fourth-order valence-corrected chi connectivity index (χ4v) is 2.06. The lowest BCUT2D eigenvalue weighted by molar-refractivity contribution is -0.122. The van der Waals surface area contributed by atoms with Crippen LogP contribution in [0.5, 0.6) is 0 Å². The van der Waals surface area contributed by atoms with E-state index in [0.29, 0.717) is 6.61 Å². The molecule has 3 N–H and O–H groups in total. The van der Waals surface area contributed by atoms with Crippen LogP contribution in [0.1, 0.15) is 12.8 Å². The molecule has 1 fully saturated rings. The van der Waals surface area contributed by atoms with Gasteiger partial charge in [0.15, 0.2) is 0 Å². The Bertz CT molecular complexity index is 340. The third-order valence-electron chi connectivity index (χ3n) is 3.04. The topological polar surface area (TPSA) is 64.3 Å². The molecule has 4 heteroatoms. The number of rotatable bonds is 4. The molecule has 0 aromatic rings. The Hall–Kier alpha value is -1.29. The standard InChI is InChI=1S/C11H16N2O2/c1-15-7-8-3-2-6-13-9(8)11(4-5-11)10(12)14/h2-3,13H,4-7H2,1H3,(H2,12,14). The monoisotopic (exact) mass is 208 g/mol. The van der Waals surface area contributed by atoms with Gasteiger partial charge in [0, 0.05) is 19.4 Å². The molecule has 1 aliphatic heterocycles. The number of methoxy groups -OCH3 is 1. The van der Waals surface area contributed by atoms with Crippen LogP contribution in [0.15, 0.2) is 23.4 Å². The molecule has 1 amide bonds. The Morgan fingerprint density at radius 1 is 1.67 bits per heavy atom. The van der Waals surface area contributed by atoms with Crippen molar-refractivity contribution in [2.45, 2.75) is 12.8 Å². The molecular weight excluding hydrogens is 192 g/mol.